The largest absolute Gasteiger partial charge is 0.497 e. The lowest BCUT2D eigenvalue weighted by Crippen LogP contribution is -2.36. The van der Waals surface area contributed by atoms with Crippen molar-refractivity contribution in [1.29, 1.82) is 0 Å². The van der Waals surface area contributed by atoms with Crippen molar-refractivity contribution >= 4 is 22.1 Å². The van der Waals surface area contributed by atoms with E-state index >= 15 is 0 Å². The molecular formula is C23H20N6O3. The molecule has 0 atom stereocenters. The monoisotopic (exact) mass is 428 g/mol. The van der Waals surface area contributed by atoms with Gasteiger partial charge in [-0.25, -0.2) is 19.7 Å². The predicted molar refractivity (Wildman–Crippen MR) is 120 cm³/mol. The Kier molecular flexibility index (Phi) is 4.78. The lowest BCUT2D eigenvalue weighted by molar-refractivity contribution is 0.414. The van der Waals surface area contributed by atoms with Gasteiger partial charge in [0.25, 0.3) is 5.56 Å². The van der Waals surface area contributed by atoms with Gasteiger partial charge >= 0.3 is 5.69 Å². The summed E-state index contributed by atoms with van der Waals surface area (Å²) in [4.78, 5) is 41.8. The van der Waals surface area contributed by atoms with Crippen molar-refractivity contribution in [3.63, 3.8) is 0 Å². The van der Waals surface area contributed by atoms with Gasteiger partial charge < -0.3 is 9.30 Å². The summed E-state index contributed by atoms with van der Waals surface area (Å²) in [6.45, 7) is 2.27. The van der Waals surface area contributed by atoms with E-state index in [9.17, 15) is 9.59 Å². The maximum atomic E-state index is 13.3. The van der Waals surface area contributed by atoms with E-state index in [4.69, 9.17) is 4.74 Å². The van der Waals surface area contributed by atoms with Crippen LogP contribution in [0.5, 0.6) is 5.75 Å². The van der Waals surface area contributed by atoms with Crippen LogP contribution in [0.15, 0.2) is 64.4 Å². The smallest absolute Gasteiger partial charge is 0.330 e. The standard InChI is InChI=1S/C23H20N6O3/c1-14-17-5-3-4-6-18(17)26-19(25-14)12-29-22(30)20-21(27-23(29)31)24-13-28(20)11-15-7-9-16(32-2)10-8-15/h3-10,13H,11-12H2,1-2H3,(H,27,31). The van der Waals surface area contributed by atoms with Crippen LogP contribution in [0.2, 0.25) is 0 Å². The summed E-state index contributed by atoms with van der Waals surface area (Å²) in [6.07, 6.45) is 1.55. The second-order valence-corrected chi connectivity index (χ2v) is 7.48. The van der Waals surface area contributed by atoms with Gasteiger partial charge in [-0.15, -0.1) is 0 Å². The van der Waals surface area contributed by atoms with E-state index in [1.807, 2.05) is 55.5 Å². The summed E-state index contributed by atoms with van der Waals surface area (Å²) in [5, 5.41) is 0.936. The van der Waals surface area contributed by atoms with Crippen molar-refractivity contribution < 1.29 is 4.74 Å². The van der Waals surface area contributed by atoms with Gasteiger partial charge in [-0.1, -0.05) is 30.3 Å². The first-order valence-electron chi connectivity index (χ1n) is 10.1. The summed E-state index contributed by atoms with van der Waals surface area (Å²) in [5.41, 5.74) is 2.11. The molecule has 9 nitrogen and oxygen atoms in total. The maximum absolute atomic E-state index is 13.3. The van der Waals surface area contributed by atoms with Gasteiger partial charge in [-0.3, -0.25) is 14.3 Å². The number of nitrogens with one attached hydrogen (secondary N) is 1. The summed E-state index contributed by atoms with van der Waals surface area (Å²) >= 11 is 0. The number of fused-ring (bicyclic) bond motifs is 2. The molecule has 1 N–H and O–H groups in total. The van der Waals surface area contributed by atoms with E-state index in [-0.39, 0.29) is 12.2 Å². The summed E-state index contributed by atoms with van der Waals surface area (Å²) in [6, 6.07) is 15.2. The third-order valence-corrected chi connectivity index (χ3v) is 5.41. The van der Waals surface area contributed by atoms with E-state index in [0.717, 1.165) is 32.5 Å². The molecule has 2 aromatic carbocycles. The predicted octanol–water partition coefficient (Wildman–Crippen LogP) is 2.24. The SMILES string of the molecule is COc1ccc(Cn2cnc3[nH]c(=O)n(Cc4nc(C)c5ccccc5n4)c(=O)c32)cc1. The third kappa shape index (κ3) is 3.43. The number of aromatic nitrogens is 6. The Bertz CT molecular complexity index is 1560. The molecule has 3 aromatic heterocycles. The van der Waals surface area contributed by atoms with Crippen LogP contribution in [0.4, 0.5) is 0 Å². The van der Waals surface area contributed by atoms with Crippen molar-refractivity contribution in [3.8, 4) is 5.75 Å². The van der Waals surface area contributed by atoms with Crippen LogP contribution in [-0.2, 0) is 13.1 Å². The molecule has 0 unspecified atom stereocenters. The topological polar surface area (TPSA) is 108 Å². The molecule has 0 saturated heterocycles. The highest BCUT2D eigenvalue weighted by molar-refractivity contribution is 5.80. The number of para-hydroxylation sites is 1. The zero-order chi connectivity index (χ0) is 22.2. The zero-order valence-electron chi connectivity index (χ0n) is 17.6. The fourth-order valence-corrected chi connectivity index (χ4v) is 3.78. The van der Waals surface area contributed by atoms with Crippen LogP contribution in [-0.4, -0.2) is 36.2 Å². The number of rotatable bonds is 5. The van der Waals surface area contributed by atoms with E-state index in [1.165, 1.54) is 0 Å². The van der Waals surface area contributed by atoms with Crippen molar-refractivity contribution in [2.75, 3.05) is 7.11 Å². The van der Waals surface area contributed by atoms with Crippen molar-refractivity contribution in [1.82, 2.24) is 29.1 Å². The summed E-state index contributed by atoms with van der Waals surface area (Å²) in [5.74, 6) is 1.15. The molecule has 0 fully saturated rings. The molecular weight excluding hydrogens is 408 g/mol. The molecule has 5 rings (SSSR count). The summed E-state index contributed by atoms with van der Waals surface area (Å²) < 4.78 is 8.02. The molecule has 5 aromatic rings. The second kappa shape index (κ2) is 7.77. The molecule has 160 valence electrons. The minimum Gasteiger partial charge on any atom is -0.497 e. The fraction of sp³-hybridized carbons (Fsp3) is 0.174. The fourth-order valence-electron chi connectivity index (χ4n) is 3.78. The number of aromatic amines is 1. The number of methoxy groups -OCH3 is 1. The van der Waals surface area contributed by atoms with Crippen LogP contribution in [0, 0.1) is 6.92 Å². The van der Waals surface area contributed by atoms with Gasteiger partial charge in [-0.05, 0) is 30.7 Å². The van der Waals surface area contributed by atoms with E-state index in [1.54, 1.807) is 18.0 Å². The lowest BCUT2D eigenvalue weighted by Gasteiger charge is -2.09. The Hall–Kier alpha value is -4.27. The molecule has 0 aliphatic carbocycles. The number of ether oxygens (including phenoxy) is 1. The van der Waals surface area contributed by atoms with Gasteiger partial charge in [0.15, 0.2) is 11.2 Å². The molecule has 3 heterocycles. The molecule has 32 heavy (non-hydrogen) atoms. The first-order chi connectivity index (χ1) is 15.5. The average molecular weight is 428 g/mol. The molecule has 0 bridgehead atoms. The van der Waals surface area contributed by atoms with Gasteiger partial charge in [-0.2, -0.15) is 0 Å². The minimum absolute atomic E-state index is 0.0382. The van der Waals surface area contributed by atoms with Gasteiger partial charge in [0.2, 0.25) is 0 Å². The Morgan fingerprint density at radius 2 is 1.78 bits per heavy atom. The normalized spacial score (nSPS) is 11.3. The highest BCUT2D eigenvalue weighted by atomic mass is 16.5. The third-order valence-electron chi connectivity index (χ3n) is 5.41. The van der Waals surface area contributed by atoms with Crippen LogP contribution in [0.25, 0.3) is 22.1 Å². The Labute approximate surface area is 182 Å². The molecule has 0 aliphatic rings. The number of imidazole rings is 1. The number of nitrogens with zero attached hydrogens (tertiary/aromatic N) is 5. The van der Waals surface area contributed by atoms with Crippen molar-refractivity contribution in [2.45, 2.75) is 20.0 Å². The highest BCUT2D eigenvalue weighted by Crippen LogP contribution is 2.16. The van der Waals surface area contributed by atoms with Gasteiger partial charge in [0.1, 0.15) is 11.6 Å². The van der Waals surface area contributed by atoms with Crippen LogP contribution in [0.1, 0.15) is 17.1 Å². The minimum atomic E-state index is -0.549. The quantitative estimate of drug-likeness (QED) is 0.460. The summed E-state index contributed by atoms with van der Waals surface area (Å²) in [7, 11) is 1.61. The second-order valence-electron chi connectivity index (χ2n) is 7.48. The van der Waals surface area contributed by atoms with Crippen LogP contribution >= 0.6 is 0 Å². The first kappa shape index (κ1) is 19.7. The maximum Gasteiger partial charge on any atom is 0.330 e. The number of hydrogen-bond donors (Lipinski definition) is 1. The van der Waals surface area contributed by atoms with E-state index < -0.39 is 11.2 Å². The number of H-pyrrole nitrogens is 1. The highest BCUT2D eigenvalue weighted by Gasteiger charge is 2.15. The van der Waals surface area contributed by atoms with Gasteiger partial charge in [0, 0.05) is 17.6 Å². The number of aryl methyl sites for hydroxylation is 1. The van der Waals surface area contributed by atoms with E-state index in [0.29, 0.717) is 17.9 Å². The van der Waals surface area contributed by atoms with Gasteiger partial charge in [0.05, 0.1) is 25.5 Å². The van der Waals surface area contributed by atoms with Crippen molar-refractivity contribution in [2.24, 2.45) is 0 Å². The average Bonchev–Trinajstić information content (AvgIpc) is 3.19. The number of hydrogen-bond acceptors (Lipinski definition) is 6. The van der Waals surface area contributed by atoms with Crippen LogP contribution < -0.4 is 16.0 Å². The van der Waals surface area contributed by atoms with E-state index in [2.05, 4.69) is 19.9 Å². The molecule has 0 amide bonds. The molecule has 0 radical (unpaired) electrons. The zero-order valence-corrected chi connectivity index (χ0v) is 17.6. The molecule has 0 aliphatic heterocycles. The van der Waals surface area contributed by atoms with Crippen LogP contribution in [0.3, 0.4) is 0 Å². The molecule has 9 heteroatoms. The molecule has 0 saturated carbocycles. The Morgan fingerprint density at radius 3 is 2.56 bits per heavy atom. The first-order valence-corrected chi connectivity index (χ1v) is 10.1. The Balaban J connectivity index is 1.56. The Morgan fingerprint density at radius 1 is 1.00 bits per heavy atom. The van der Waals surface area contributed by atoms with Crippen molar-refractivity contribution in [3.05, 3.63) is 92.8 Å². The number of benzene rings is 2. The lowest BCUT2D eigenvalue weighted by atomic mass is 10.2. The molecule has 0 spiro atoms.